The molecule has 0 aliphatic carbocycles. The van der Waals surface area contributed by atoms with E-state index < -0.39 is 0 Å². The first-order valence-corrected chi connectivity index (χ1v) is 4.58. The molecule has 2 heteroatoms. The van der Waals surface area contributed by atoms with Gasteiger partial charge >= 0.3 is 0 Å². The van der Waals surface area contributed by atoms with Crippen molar-refractivity contribution in [2.75, 3.05) is 6.79 Å². The van der Waals surface area contributed by atoms with Crippen molar-refractivity contribution in [2.45, 2.75) is 20.8 Å². The largest absolute Gasteiger partial charge is 0.463 e. The summed E-state index contributed by atoms with van der Waals surface area (Å²) in [5.74, 6) is 1.52. The lowest BCUT2D eigenvalue weighted by Crippen LogP contribution is -2.01. The molecule has 1 aromatic rings. The molecule has 76 valence electrons. The van der Waals surface area contributed by atoms with Gasteiger partial charge < -0.3 is 9.47 Å². The van der Waals surface area contributed by atoms with Crippen LogP contribution in [-0.2, 0) is 4.74 Å². The van der Waals surface area contributed by atoms with Crippen LogP contribution in [0.2, 0.25) is 0 Å². The third kappa shape index (κ3) is 3.13. The first-order valence-electron chi connectivity index (χ1n) is 4.58. The third-order valence-electron chi connectivity index (χ3n) is 1.85. The van der Waals surface area contributed by atoms with E-state index in [-0.39, 0.29) is 6.79 Å². The van der Waals surface area contributed by atoms with Crippen molar-refractivity contribution < 1.29 is 9.47 Å². The number of ether oxygens (including phenoxy) is 2. The molecule has 0 spiro atoms. The van der Waals surface area contributed by atoms with Gasteiger partial charge in [0, 0.05) is 0 Å². The highest BCUT2D eigenvalue weighted by molar-refractivity contribution is 5.35. The van der Waals surface area contributed by atoms with Gasteiger partial charge in [-0.05, 0) is 32.4 Å². The van der Waals surface area contributed by atoms with Gasteiger partial charge in [-0.25, -0.2) is 0 Å². The van der Waals surface area contributed by atoms with E-state index in [0.717, 1.165) is 11.3 Å². The van der Waals surface area contributed by atoms with E-state index in [2.05, 4.69) is 19.6 Å². The summed E-state index contributed by atoms with van der Waals surface area (Å²) in [7, 11) is 0. The second kappa shape index (κ2) is 4.70. The van der Waals surface area contributed by atoms with Crippen LogP contribution < -0.4 is 4.74 Å². The van der Waals surface area contributed by atoms with Crippen molar-refractivity contribution in [3.05, 3.63) is 41.7 Å². The summed E-state index contributed by atoms with van der Waals surface area (Å²) < 4.78 is 10.5. The second-order valence-corrected chi connectivity index (χ2v) is 3.38. The highest BCUT2D eigenvalue weighted by Gasteiger charge is 1.98. The number of hydrogen-bond acceptors (Lipinski definition) is 2. The monoisotopic (exact) mass is 192 g/mol. The van der Waals surface area contributed by atoms with Crippen LogP contribution in [0.4, 0.5) is 0 Å². The molecule has 1 rings (SSSR count). The van der Waals surface area contributed by atoms with Crippen molar-refractivity contribution in [3.63, 3.8) is 0 Å². The predicted molar refractivity (Wildman–Crippen MR) is 57.3 cm³/mol. The zero-order valence-electron chi connectivity index (χ0n) is 8.96. The Morgan fingerprint density at radius 1 is 1.36 bits per heavy atom. The molecule has 0 atom stereocenters. The summed E-state index contributed by atoms with van der Waals surface area (Å²) in [6.45, 7) is 9.71. The van der Waals surface area contributed by atoms with Gasteiger partial charge in [0.2, 0.25) is 6.79 Å². The van der Waals surface area contributed by atoms with Gasteiger partial charge in [0.05, 0.1) is 5.76 Å². The maximum atomic E-state index is 5.42. The van der Waals surface area contributed by atoms with E-state index in [1.54, 1.807) is 6.92 Å². The molecule has 0 heterocycles. The van der Waals surface area contributed by atoms with Crippen molar-refractivity contribution >= 4 is 0 Å². The minimum Gasteiger partial charge on any atom is -0.463 e. The highest BCUT2D eigenvalue weighted by Crippen LogP contribution is 2.18. The molecule has 0 aliphatic rings. The molecule has 14 heavy (non-hydrogen) atoms. The molecule has 0 saturated heterocycles. The molecule has 0 aromatic heterocycles. The minimum absolute atomic E-state index is 0.221. The van der Waals surface area contributed by atoms with Gasteiger partial charge in [-0.2, -0.15) is 0 Å². The Labute approximate surface area is 85.2 Å². The highest BCUT2D eigenvalue weighted by atomic mass is 16.7. The SMILES string of the molecule is C=C(C)OCOc1ccc(C)cc1C. The Morgan fingerprint density at radius 3 is 2.64 bits per heavy atom. The summed E-state index contributed by atoms with van der Waals surface area (Å²) in [6.07, 6.45) is 0. The van der Waals surface area contributed by atoms with Gasteiger partial charge in [-0.3, -0.25) is 0 Å². The fraction of sp³-hybridized carbons (Fsp3) is 0.333. The van der Waals surface area contributed by atoms with Crippen LogP contribution in [-0.4, -0.2) is 6.79 Å². The molecule has 0 bridgehead atoms. The molecule has 0 radical (unpaired) electrons. The molecule has 0 N–H and O–H groups in total. The van der Waals surface area contributed by atoms with E-state index in [9.17, 15) is 0 Å². The Bertz CT molecular complexity index is 329. The Hall–Kier alpha value is -1.44. The molecule has 2 nitrogen and oxygen atoms in total. The lowest BCUT2D eigenvalue weighted by Gasteiger charge is -2.10. The van der Waals surface area contributed by atoms with Crippen molar-refractivity contribution in [2.24, 2.45) is 0 Å². The van der Waals surface area contributed by atoms with Crippen LogP contribution >= 0.6 is 0 Å². The number of hydrogen-bond donors (Lipinski definition) is 0. The first kappa shape index (κ1) is 10.6. The molecule has 0 amide bonds. The maximum absolute atomic E-state index is 5.42. The first-order chi connectivity index (χ1) is 6.59. The summed E-state index contributed by atoms with van der Waals surface area (Å²) in [5.41, 5.74) is 2.35. The van der Waals surface area contributed by atoms with E-state index in [4.69, 9.17) is 9.47 Å². The zero-order chi connectivity index (χ0) is 10.6. The van der Waals surface area contributed by atoms with Gasteiger partial charge in [-0.15, -0.1) is 0 Å². The van der Waals surface area contributed by atoms with Gasteiger partial charge in [0.1, 0.15) is 5.75 Å². The summed E-state index contributed by atoms with van der Waals surface area (Å²) >= 11 is 0. The number of aryl methyl sites for hydroxylation is 2. The van der Waals surface area contributed by atoms with Gasteiger partial charge in [0.25, 0.3) is 0 Å². The Morgan fingerprint density at radius 2 is 2.07 bits per heavy atom. The molecular weight excluding hydrogens is 176 g/mol. The fourth-order valence-electron chi connectivity index (χ4n) is 1.15. The molecule has 0 saturated carbocycles. The molecular formula is C12H16O2. The third-order valence-corrected chi connectivity index (χ3v) is 1.85. The normalized spacial score (nSPS) is 9.64. The van der Waals surface area contributed by atoms with E-state index in [1.807, 2.05) is 19.1 Å². The van der Waals surface area contributed by atoms with Gasteiger partial charge in [-0.1, -0.05) is 24.3 Å². The van der Waals surface area contributed by atoms with Crippen LogP contribution in [0, 0.1) is 13.8 Å². The maximum Gasteiger partial charge on any atom is 0.230 e. The summed E-state index contributed by atoms with van der Waals surface area (Å²) in [4.78, 5) is 0. The molecule has 0 aliphatic heterocycles. The van der Waals surface area contributed by atoms with E-state index in [0.29, 0.717) is 5.76 Å². The smallest absolute Gasteiger partial charge is 0.230 e. The average Bonchev–Trinajstić information content (AvgIpc) is 2.08. The lowest BCUT2D eigenvalue weighted by atomic mass is 10.1. The number of allylic oxidation sites excluding steroid dienone is 1. The van der Waals surface area contributed by atoms with Crippen LogP contribution in [0.5, 0.6) is 5.75 Å². The van der Waals surface area contributed by atoms with Crippen LogP contribution in [0.15, 0.2) is 30.5 Å². The summed E-state index contributed by atoms with van der Waals surface area (Å²) in [5, 5.41) is 0. The topological polar surface area (TPSA) is 18.5 Å². The molecule has 0 fully saturated rings. The summed E-state index contributed by atoms with van der Waals surface area (Å²) in [6, 6.07) is 6.05. The minimum atomic E-state index is 0.221. The van der Waals surface area contributed by atoms with E-state index in [1.165, 1.54) is 5.56 Å². The zero-order valence-corrected chi connectivity index (χ0v) is 8.96. The second-order valence-electron chi connectivity index (χ2n) is 3.38. The lowest BCUT2D eigenvalue weighted by molar-refractivity contribution is 0.0622. The Kier molecular flexibility index (Phi) is 3.57. The molecule has 0 unspecified atom stereocenters. The standard InChI is InChI=1S/C12H16O2/c1-9(2)13-8-14-12-6-5-10(3)7-11(12)4/h5-7H,1,8H2,2-4H3. The van der Waals surface area contributed by atoms with Crippen molar-refractivity contribution in [3.8, 4) is 5.75 Å². The molecule has 1 aromatic carbocycles. The Balaban J connectivity index is 2.55. The number of benzene rings is 1. The fourth-order valence-corrected chi connectivity index (χ4v) is 1.15. The van der Waals surface area contributed by atoms with Crippen molar-refractivity contribution in [1.29, 1.82) is 0 Å². The van der Waals surface area contributed by atoms with Crippen molar-refractivity contribution in [1.82, 2.24) is 0 Å². The van der Waals surface area contributed by atoms with Gasteiger partial charge in [0.15, 0.2) is 0 Å². The van der Waals surface area contributed by atoms with Crippen LogP contribution in [0.25, 0.3) is 0 Å². The quantitative estimate of drug-likeness (QED) is 0.538. The average molecular weight is 192 g/mol. The van der Waals surface area contributed by atoms with Crippen LogP contribution in [0.1, 0.15) is 18.1 Å². The van der Waals surface area contributed by atoms with Crippen LogP contribution in [0.3, 0.4) is 0 Å². The predicted octanol–water partition coefficient (Wildman–Crippen LogP) is 3.19. The van der Waals surface area contributed by atoms with E-state index >= 15 is 0 Å². The number of rotatable bonds is 4.